The molecule has 2 aromatic carbocycles. The fourth-order valence-corrected chi connectivity index (χ4v) is 3.45. The first-order valence-corrected chi connectivity index (χ1v) is 11.6. The van der Waals surface area contributed by atoms with Crippen molar-refractivity contribution in [2.75, 3.05) is 13.7 Å². The van der Waals surface area contributed by atoms with Crippen molar-refractivity contribution in [2.24, 2.45) is 0 Å². The van der Waals surface area contributed by atoms with Gasteiger partial charge in [-0.1, -0.05) is 26.0 Å². The third-order valence-electron chi connectivity index (χ3n) is 5.05. The molecule has 2 rings (SSSR count). The average molecular weight is 538 g/mol. The number of ether oxygens (including phenoxy) is 2. The monoisotopic (exact) mass is 538 g/mol. The molecule has 2 aromatic rings. The molecule has 0 aliphatic rings. The Morgan fingerprint density at radius 2 is 1.77 bits per heavy atom. The average Bonchev–Trinajstić information content (AvgIpc) is 2.78. The zero-order valence-electron chi connectivity index (χ0n) is 18.6. The van der Waals surface area contributed by atoms with Crippen LogP contribution in [0.1, 0.15) is 39.2 Å². The van der Waals surface area contributed by atoms with Gasteiger partial charge < -0.3 is 19.7 Å². The Morgan fingerprint density at radius 1 is 1.06 bits per heavy atom. The Hall–Kier alpha value is -2.29. The van der Waals surface area contributed by atoms with Crippen molar-refractivity contribution >= 4 is 34.4 Å². The van der Waals surface area contributed by atoms with Crippen molar-refractivity contribution in [3.8, 4) is 11.5 Å². The van der Waals surface area contributed by atoms with E-state index in [1.54, 1.807) is 12.0 Å². The summed E-state index contributed by atoms with van der Waals surface area (Å²) in [5.74, 6) is 0.930. The van der Waals surface area contributed by atoms with Crippen molar-refractivity contribution in [2.45, 2.75) is 52.2 Å². The first kappa shape index (κ1) is 25.0. The lowest BCUT2D eigenvalue weighted by Gasteiger charge is -2.31. The highest BCUT2D eigenvalue weighted by molar-refractivity contribution is 14.1. The van der Waals surface area contributed by atoms with Gasteiger partial charge in [0, 0.05) is 16.2 Å². The van der Waals surface area contributed by atoms with E-state index in [0.717, 1.165) is 15.6 Å². The lowest BCUT2D eigenvalue weighted by molar-refractivity contribution is -0.143. The number of carbonyl (C=O) groups excluding carboxylic acids is 2. The Morgan fingerprint density at radius 3 is 2.39 bits per heavy atom. The minimum atomic E-state index is -0.590. The lowest BCUT2D eigenvalue weighted by atomic mass is 10.1. The highest BCUT2D eigenvalue weighted by atomic mass is 127. The Labute approximate surface area is 198 Å². The lowest BCUT2D eigenvalue weighted by Crippen LogP contribution is -2.51. The number of hydrogen-bond acceptors (Lipinski definition) is 4. The standard InChI is InChI=1S/C24H31IN2O4/c1-5-17(3)26-24(29)22(6-2)27(15-18-8-7-9-21(14-18)30-4)23(28)16-31-20-12-10-19(25)11-13-20/h7-14,17,22H,5-6,15-16H2,1-4H3,(H,26,29)/t17-,22+/m1/s1. The number of amides is 2. The maximum Gasteiger partial charge on any atom is 0.261 e. The molecule has 6 nitrogen and oxygen atoms in total. The van der Waals surface area contributed by atoms with Crippen LogP contribution >= 0.6 is 22.6 Å². The van der Waals surface area contributed by atoms with Crippen molar-refractivity contribution in [3.63, 3.8) is 0 Å². The Balaban J connectivity index is 2.22. The summed E-state index contributed by atoms with van der Waals surface area (Å²) in [5, 5.41) is 3.01. The molecule has 2 amide bonds. The number of hydrogen-bond donors (Lipinski definition) is 1. The minimum Gasteiger partial charge on any atom is -0.497 e. The second-order valence-corrected chi connectivity index (χ2v) is 8.60. The van der Waals surface area contributed by atoms with E-state index < -0.39 is 6.04 Å². The van der Waals surface area contributed by atoms with E-state index in [2.05, 4.69) is 27.9 Å². The van der Waals surface area contributed by atoms with Gasteiger partial charge in [-0.2, -0.15) is 0 Å². The molecule has 0 spiro atoms. The Kier molecular flexibility index (Phi) is 10.1. The molecule has 0 aliphatic carbocycles. The number of halogens is 1. The van der Waals surface area contributed by atoms with E-state index in [1.807, 2.05) is 69.3 Å². The van der Waals surface area contributed by atoms with Crippen LogP contribution in [0.3, 0.4) is 0 Å². The number of carbonyl (C=O) groups is 2. The van der Waals surface area contributed by atoms with Gasteiger partial charge in [-0.3, -0.25) is 9.59 Å². The summed E-state index contributed by atoms with van der Waals surface area (Å²) in [7, 11) is 1.60. The van der Waals surface area contributed by atoms with Crippen molar-refractivity contribution in [1.82, 2.24) is 10.2 Å². The molecule has 31 heavy (non-hydrogen) atoms. The smallest absolute Gasteiger partial charge is 0.261 e. The van der Waals surface area contributed by atoms with Crippen LogP contribution in [-0.4, -0.2) is 42.5 Å². The predicted molar refractivity (Wildman–Crippen MR) is 130 cm³/mol. The molecular formula is C24H31IN2O4. The predicted octanol–water partition coefficient (Wildman–Crippen LogP) is 4.40. The molecule has 0 bridgehead atoms. The maximum absolute atomic E-state index is 13.2. The van der Waals surface area contributed by atoms with Gasteiger partial charge in [0.1, 0.15) is 17.5 Å². The topological polar surface area (TPSA) is 67.9 Å². The normalized spacial score (nSPS) is 12.5. The number of nitrogens with one attached hydrogen (secondary N) is 1. The van der Waals surface area contributed by atoms with Crippen LogP contribution in [0.25, 0.3) is 0 Å². The third-order valence-corrected chi connectivity index (χ3v) is 5.77. The molecule has 0 saturated heterocycles. The minimum absolute atomic E-state index is 0.0402. The van der Waals surface area contributed by atoms with Crippen LogP contribution in [0.4, 0.5) is 0 Å². The maximum atomic E-state index is 13.2. The Bertz CT molecular complexity index is 857. The molecule has 0 aromatic heterocycles. The van der Waals surface area contributed by atoms with Crippen molar-refractivity contribution in [1.29, 1.82) is 0 Å². The van der Waals surface area contributed by atoms with Crippen molar-refractivity contribution < 1.29 is 19.1 Å². The summed E-state index contributed by atoms with van der Waals surface area (Å²) >= 11 is 2.21. The third kappa shape index (κ3) is 7.72. The first-order valence-electron chi connectivity index (χ1n) is 10.5. The summed E-state index contributed by atoms with van der Waals surface area (Å²) in [4.78, 5) is 27.7. The van der Waals surface area contributed by atoms with Gasteiger partial charge in [-0.15, -0.1) is 0 Å². The first-order chi connectivity index (χ1) is 14.9. The van der Waals surface area contributed by atoms with Crippen LogP contribution in [0.5, 0.6) is 11.5 Å². The SMILES string of the molecule is CC[C@@H](C)NC(=O)[C@H](CC)N(Cc1cccc(OC)c1)C(=O)COc1ccc(I)cc1. The molecule has 0 saturated carbocycles. The molecular weight excluding hydrogens is 507 g/mol. The van der Waals surface area contributed by atoms with Gasteiger partial charge >= 0.3 is 0 Å². The van der Waals surface area contributed by atoms with E-state index in [4.69, 9.17) is 9.47 Å². The fourth-order valence-electron chi connectivity index (χ4n) is 3.09. The number of benzene rings is 2. The van der Waals surface area contributed by atoms with Crippen LogP contribution in [0.2, 0.25) is 0 Å². The molecule has 0 aliphatic heterocycles. The second-order valence-electron chi connectivity index (χ2n) is 7.36. The molecule has 0 unspecified atom stereocenters. The van der Waals surface area contributed by atoms with Crippen LogP contribution < -0.4 is 14.8 Å². The summed E-state index contributed by atoms with van der Waals surface area (Å²) in [6, 6.07) is 14.5. The van der Waals surface area contributed by atoms with Gasteiger partial charge in [-0.25, -0.2) is 0 Å². The second kappa shape index (κ2) is 12.5. The van der Waals surface area contributed by atoms with Gasteiger partial charge in [0.15, 0.2) is 6.61 Å². The van der Waals surface area contributed by atoms with Crippen molar-refractivity contribution in [3.05, 3.63) is 57.7 Å². The summed E-state index contributed by atoms with van der Waals surface area (Å²) in [5.41, 5.74) is 0.886. The molecule has 7 heteroatoms. The highest BCUT2D eigenvalue weighted by Gasteiger charge is 2.29. The van der Waals surface area contributed by atoms with Gasteiger partial charge in [0.25, 0.3) is 5.91 Å². The largest absolute Gasteiger partial charge is 0.497 e. The summed E-state index contributed by atoms with van der Waals surface area (Å²) in [6.45, 7) is 6.03. The van der Waals surface area contributed by atoms with E-state index in [-0.39, 0.29) is 24.5 Å². The number of methoxy groups -OCH3 is 1. The zero-order chi connectivity index (χ0) is 22.8. The number of rotatable bonds is 11. The molecule has 1 N–H and O–H groups in total. The number of nitrogens with zero attached hydrogens (tertiary/aromatic N) is 1. The summed E-state index contributed by atoms with van der Waals surface area (Å²) < 4.78 is 12.1. The van der Waals surface area contributed by atoms with E-state index >= 15 is 0 Å². The van der Waals surface area contributed by atoms with Gasteiger partial charge in [-0.05, 0) is 84.3 Å². The van der Waals surface area contributed by atoms with Crippen LogP contribution in [0.15, 0.2) is 48.5 Å². The molecule has 0 heterocycles. The van der Waals surface area contributed by atoms with Crippen LogP contribution in [0, 0.1) is 3.57 Å². The summed E-state index contributed by atoms with van der Waals surface area (Å²) in [6.07, 6.45) is 1.32. The molecule has 0 radical (unpaired) electrons. The highest BCUT2D eigenvalue weighted by Crippen LogP contribution is 2.18. The molecule has 2 atom stereocenters. The van der Waals surface area contributed by atoms with Gasteiger partial charge in [0.05, 0.1) is 7.11 Å². The van der Waals surface area contributed by atoms with E-state index in [0.29, 0.717) is 24.5 Å². The van der Waals surface area contributed by atoms with Gasteiger partial charge in [0.2, 0.25) is 5.91 Å². The fraction of sp³-hybridized carbons (Fsp3) is 0.417. The molecule has 168 valence electrons. The molecule has 0 fully saturated rings. The zero-order valence-corrected chi connectivity index (χ0v) is 20.7. The quantitative estimate of drug-likeness (QED) is 0.431. The van der Waals surface area contributed by atoms with Crippen LogP contribution in [-0.2, 0) is 16.1 Å². The van der Waals surface area contributed by atoms with E-state index in [9.17, 15) is 9.59 Å². The van der Waals surface area contributed by atoms with E-state index in [1.165, 1.54) is 0 Å².